The quantitative estimate of drug-likeness (QED) is 0.352. The van der Waals surface area contributed by atoms with E-state index in [0.29, 0.717) is 16.6 Å². The highest BCUT2D eigenvalue weighted by Crippen LogP contribution is 2.40. The van der Waals surface area contributed by atoms with Crippen molar-refractivity contribution >= 4 is 34.4 Å². The van der Waals surface area contributed by atoms with Crippen molar-refractivity contribution in [1.29, 1.82) is 0 Å². The number of fused-ring (bicyclic) bond motifs is 1. The van der Waals surface area contributed by atoms with E-state index in [4.69, 9.17) is 33.2 Å². The standard InChI is InChI=1S/C21H18ClFN4O4/c1-2-21(11-28)15(30-17(29)9-12-3-5-13(23)6-4-12)10-16(31-21)27-8-7-14-18(24)25-20(22)26-19(14)27/h1,3-8,15-16,28H,9-11H2,(H2,24,25,26)/t15-,16?,21+/m0/s1. The summed E-state index contributed by atoms with van der Waals surface area (Å²) in [6.45, 7) is -0.564. The number of nitrogens with two attached hydrogens (primary N) is 1. The summed E-state index contributed by atoms with van der Waals surface area (Å²) in [6, 6.07) is 7.20. The Morgan fingerprint density at radius 2 is 2.16 bits per heavy atom. The second kappa shape index (κ2) is 8.15. The molecule has 0 amide bonds. The fourth-order valence-corrected chi connectivity index (χ4v) is 3.77. The summed E-state index contributed by atoms with van der Waals surface area (Å²) in [6.07, 6.45) is 5.78. The van der Waals surface area contributed by atoms with Gasteiger partial charge in [0.25, 0.3) is 0 Å². The topological polar surface area (TPSA) is 112 Å². The zero-order valence-electron chi connectivity index (χ0n) is 16.2. The molecule has 1 fully saturated rings. The van der Waals surface area contributed by atoms with E-state index in [-0.39, 0.29) is 23.9 Å². The van der Waals surface area contributed by atoms with E-state index in [2.05, 4.69) is 15.9 Å². The van der Waals surface area contributed by atoms with Gasteiger partial charge in [-0.25, -0.2) is 9.37 Å². The number of ether oxygens (including phenoxy) is 2. The molecule has 3 N–H and O–H groups in total. The number of carbonyl (C=O) groups is 1. The van der Waals surface area contributed by atoms with E-state index in [1.807, 2.05) is 0 Å². The molecule has 0 spiro atoms. The van der Waals surface area contributed by atoms with E-state index in [1.165, 1.54) is 24.3 Å². The molecule has 3 aromatic rings. The number of nitrogen functional groups attached to an aromatic ring is 1. The van der Waals surface area contributed by atoms with Crippen molar-refractivity contribution in [3.63, 3.8) is 0 Å². The van der Waals surface area contributed by atoms with Crippen molar-refractivity contribution in [3.8, 4) is 12.3 Å². The Bertz CT molecular complexity index is 1180. The molecule has 3 atom stereocenters. The Hall–Kier alpha value is -3.19. The number of benzene rings is 1. The molecule has 1 saturated heterocycles. The third kappa shape index (κ3) is 3.93. The lowest BCUT2D eigenvalue weighted by atomic mass is 9.98. The number of rotatable bonds is 5. The highest BCUT2D eigenvalue weighted by atomic mass is 35.5. The molecule has 0 aliphatic carbocycles. The van der Waals surface area contributed by atoms with E-state index in [0.717, 1.165) is 0 Å². The van der Waals surface area contributed by atoms with Crippen LogP contribution in [0.25, 0.3) is 11.0 Å². The third-order valence-electron chi connectivity index (χ3n) is 5.18. The van der Waals surface area contributed by atoms with Crippen LogP contribution in [0.15, 0.2) is 36.5 Å². The van der Waals surface area contributed by atoms with E-state index in [1.54, 1.807) is 16.8 Å². The first-order chi connectivity index (χ1) is 14.8. The van der Waals surface area contributed by atoms with Crippen LogP contribution in [0.3, 0.4) is 0 Å². The molecule has 1 aliphatic heterocycles. The molecule has 31 heavy (non-hydrogen) atoms. The van der Waals surface area contributed by atoms with Gasteiger partial charge in [0.05, 0.1) is 18.4 Å². The third-order valence-corrected chi connectivity index (χ3v) is 5.35. The van der Waals surface area contributed by atoms with Gasteiger partial charge < -0.3 is 24.9 Å². The summed E-state index contributed by atoms with van der Waals surface area (Å²) < 4.78 is 26.3. The average molecular weight is 445 g/mol. The van der Waals surface area contributed by atoms with Gasteiger partial charge in [-0.05, 0) is 35.4 Å². The molecule has 8 nitrogen and oxygen atoms in total. The second-order valence-electron chi connectivity index (χ2n) is 7.12. The van der Waals surface area contributed by atoms with Gasteiger partial charge in [0.1, 0.15) is 29.6 Å². The zero-order valence-corrected chi connectivity index (χ0v) is 16.9. The summed E-state index contributed by atoms with van der Waals surface area (Å²) in [5.74, 6) is 1.64. The van der Waals surface area contributed by atoms with Crippen LogP contribution < -0.4 is 5.73 Å². The largest absolute Gasteiger partial charge is 0.458 e. The summed E-state index contributed by atoms with van der Waals surface area (Å²) >= 11 is 5.93. The smallest absolute Gasteiger partial charge is 0.310 e. The van der Waals surface area contributed by atoms with Gasteiger partial charge in [-0.15, -0.1) is 6.42 Å². The van der Waals surface area contributed by atoms with Crippen LogP contribution in [0.5, 0.6) is 0 Å². The molecule has 1 aromatic carbocycles. The fourth-order valence-electron chi connectivity index (χ4n) is 3.60. The predicted molar refractivity (Wildman–Crippen MR) is 110 cm³/mol. The minimum absolute atomic E-state index is 0.0319. The van der Waals surface area contributed by atoms with Crippen molar-refractivity contribution in [2.75, 3.05) is 12.3 Å². The van der Waals surface area contributed by atoms with Gasteiger partial charge in [-0.2, -0.15) is 4.98 Å². The first kappa shape index (κ1) is 21.1. The SMILES string of the molecule is C#C[C@]1(CO)OC(n2ccc3c(N)nc(Cl)nc32)C[C@@H]1OC(=O)Cc1ccc(F)cc1. The summed E-state index contributed by atoms with van der Waals surface area (Å²) in [5, 5.41) is 10.5. The maximum atomic E-state index is 13.1. The number of esters is 1. The first-order valence-electron chi connectivity index (χ1n) is 9.35. The van der Waals surface area contributed by atoms with Crippen molar-refractivity contribution in [2.24, 2.45) is 0 Å². The monoisotopic (exact) mass is 444 g/mol. The lowest BCUT2D eigenvalue weighted by Crippen LogP contribution is -2.44. The lowest BCUT2D eigenvalue weighted by Gasteiger charge is -2.26. The first-order valence-corrected chi connectivity index (χ1v) is 9.73. The Kier molecular flexibility index (Phi) is 5.54. The van der Waals surface area contributed by atoms with Crippen LogP contribution in [-0.2, 0) is 20.7 Å². The number of aromatic nitrogens is 3. The Morgan fingerprint density at radius 3 is 2.84 bits per heavy atom. The number of aliphatic hydroxyl groups is 1. The van der Waals surface area contributed by atoms with Gasteiger partial charge in [0.15, 0.2) is 5.60 Å². The maximum absolute atomic E-state index is 13.1. The fraction of sp³-hybridized carbons (Fsp3) is 0.286. The highest BCUT2D eigenvalue weighted by molar-refractivity contribution is 6.28. The number of nitrogens with zero attached hydrogens (tertiary/aromatic N) is 3. The van der Waals surface area contributed by atoms with Crippen molar-refractivity contribution in [2.45, 2.75) is 30.8 Å². The van der Waals surface area contributed by atoms with Crippen molar-refractivity contribution in [3.05, 3.63) is 53.2 Å². The number of halogens is 2. The number of anilines is 1. The van der Waals surface area contributed by atoms with Crippen LogP contribution in [-0.4, -0.2) is 43.9 Å². The maximum Gasteiger partial charge on any atom is 0.310 e. The van der Waals surface area contributed by atoms with Gasteiger partial charge in [0, 0.05) is 12.6 Å². The van der Waals surface area contributed by atoms with E-state index in [9.17, 15) is 14.3 Å². The van der Waals surface area contributed by atoms with Gasteiger partial charge in [0.2, 0.25) is 5.28 Å². The Balaban J connectivity index is 1.58. The van der Waals surface area contributed by atoms with Crippen LogP contribution in [0.4, 0.5) is 10.2 Å². The molecular formula is C21H18ClFN4O4. The number of hydrogen-bond donors (Lipinski definition) is 2. The van der Waals surface area contributed by atoms with Gasteiger partial charge in [-0.1, -0.05) is 18.1 Å². The Labute approximate surface area is 181 Å². The molecule has 160 valence electrons. The molecule has 3 heterocycles. The molecule has 1 unspecified atom stereocenters. The minimum Gasteiger partial charge on any atom is -0.458 e. The zero-order chi connectivity index (χ0) is 22.2. The van der Waals surface area contributed by atoms with Gasteiger partial charge in [-0.3, -0.25) is 4.79 Å². The average Bonchev–Trinajstić information content (AvgIpc) is 3.31. The van der Waals surface area contributed by atoms with Crippen LogP contribution in [0, 0.1) is 18.2 Å². The molecule has 0 saturated carbocycles. The normalized spacial score (nSPS) is 23.0. The number of terminal acetylenes is 1. The van der Waals surface area contributed by atoms with Gasteiger partial charge >= 0.3 is 5.97 Å². The van der Waals surface area contributed by atoms with E-state index >= 15 is 0 Å². The molecule has 0 bridgehead atoms. The molecule has 2 aromatic heterocycles. The predicted octanol–water partition coefficient (Wildman–Crippen LogP) is 2.24. The van der Waals surface area contributed by atoms with Crippen LogP contribution in [0.2, 0.25) is 5.28 Å². The number of carbonyl (C=O) groups excluding carboxylic acids is 1. The summed E-state index contributed by atoms with van der Waals surface area (Å²) in [4.78, 5) is 20.6. The molecule has 0 radical (unpaired) electrons. The van der Waals surface area contributed by atoms with E-state index < -0.39 is 36.3 Å². The second-order valence-corrected chi connectivity index (χ2v) is 7.46. The molecule has 1 aliphatic rings. The van der Waals surface area contributed by atoms with Crippen molar-refractivity contribution in [1.82, 2.24) is 14.5 Å². The lowest BCUT2D eigenvalue weighted by molar-refractivity contribution is -0.158. The summed E-state index contributed by atoms with van der Waals surface area (Å²) in [7, 11) is 0. The van der Waals surface area contributed by atoms with Crippen molar-refractivity contribution < 1.29 is 23.8 Å². The highest BCUT2D eigenvalue weighted by Gasteiger charge is 2.51. The number of hydrogen-bond acceptors (Lipinski definition) is 7. The molecule has 10 heteroatoms. The Morgan fingerprint density at radius 1 is 1.42 bits per heavy atom. The molecular weight excluding hydrogens is 427 g/mol. The molecule has 4 rings (SSSR count). The van der Waals surface area contributed by atoms with Crippen LogP contribution >= 0.6 is 11.6 Å². The number of aliphatic hydroxyl groups excluding tert-OH is 1. The van der Waals surface area contributed by atoms with Crippen LogP contribution in [0.1, 0.15) is 18.2 Å². The summed E-state index contributed by atoms with van der Waals surface area (Å²) in [5.41, 5.74) is 5.36. The minimum atomic E-state index is -1.54.